The summed E-state index contributed by atoms with van der Waals surface area (Å²) in [5.74, 6) is 0.112. The second kappa shape index (κ2) is 6.48. The molecule has 0 radical (unpaired) electrons. The van der Waals surface area contributed by atoms with Gasteiger partial charge in [0.2, 0.25) is 0 Å². The molecular weight excluding hydrogens is 290 g/mol. The zero-order chi connectivity index (χ0) is 16.2. The summed E-state index contributed by atoms with van der Waals surface area (Å²) in [4.78, 5) is 16.2. The molecule has 0 bridgehead atoms. The predicted octanol–water partition coefficient (Wildman–Crippen LogP) is 4.03. The van der Waals surface area contributed by atoms with E-state index in [2.05, 4.69) is 4.98 Å². The summed E-state index contributed by atoms with van der Waals surface area (Å²) in [7, 11) is 0. The van der Waals surface area contributed by atoms with Gasteiger partial charge in [0, 0.05) is 12.5 Å². The van der Waals surface area contributed by atoms with Crippen molar-refractivity contribution in [2.45, 2.75) is 19.8 Å². The van der Waals surface area contributed by atoms with Crippen LogP contribution in [0.4, 0.5) is 0 Å². The van der Waals surface area contributed by atoms with Crippen LogP contribution < -0.4 is 5.63 Å². The molecule has 0 aliphatic heterocycles. The Kier molecular flexibility index (Phi) is 4.24. The van der Waals surface area contributed by atoms with Crippen LogP contribution in [0.15, 0.2) is 63.5 Å². The normalized spacial score (nSPS) is 11.8. The van der Waals surface area contributed by atoms with Crippen LogP contribution in [0.1, 0.15) is 23.2 Å². The number of rotatable bonds is 4. The van der Waals surface area contributed by atoms with Gasteiger partial charge in [-0.25, -0.2) is 9.78 Å². The Morgan fingerprint density at radius 1 is 1.22 bits per heavy atom. The van der Waals surface area contributed by atoms with Crippen molar-refractivity contribution in [1.29, 1.82) is 0 Å². The van der Waals surface area contributed by atoms with Crippen molar-refractivity contribution in [3.63, 3.8) is 0 Å². The number of aromatic nitrogens is 1. The summed E-state index contributed by atoms with van der Waals surface area (Å²) in [6, 6.07) is 15.3. The summed E-state index contributed by atoms with van der Waals surface area (Å²) in [5.41, 5.74) is 2.78. The van der Waals surface area contributed by atoms with Gasteiger partial charge in [-0.05, 0) is 36.6 Å². The Hall–Kier alpha value is -2.88. The van der Waals surface area contributed by atoms with Gasteiger partial charge >= 0.3 is 5.63 Å². The molecule has 116 valence electrons. The van der Waals surface area contributed by atoms with Gasteiger partial charge in [0.25, 0.3) is 0 Å². The molecule has 0 fully saturated rings. The van der Waals surface area contributed by atoms with Crippen molar-refractivity contribution in [2.75, 3.05) is 0 Å². The SMILES string of the molecule is Cc1ccc2oc(=O)c(C=C(O)CCc3ccccc3)nc2c1. The third kappa shape index (κ3) is 3.66. The maximum Gasteiger partial charge on any atom is 0.362 e. The van der Waals surface area contributed by atoms with Gasteiger partial charge < -0.3 is 9.52 Å². The summed E-state index contributed by atoms with van der Waals surface area (Å²) in [6.45, 7) is 1.94. The van der Waals surface area contributed by atoms with Crippen LogP contribution in [0, 0.1) is 6.92 Å². The van der Waals surface area contributed by atoms with Gasteiger partial charge in [-0.1, -0.05) is 36.4 Å². The van der Waals surface area contributed by atoms with E-state index in [1.807, 2.05) is 49.4 Å². The molecule has 0 aliphatic rings. The zero-order valence-electron chi connectivity index (χ0n) is 12.8. The quantitative estimate of drug-likeness (QED) is 0.739. The maximum absolute atomic E-state index is 11.9. The smallest absolute Gasteiger partial charge is 0.362 e. The Balaban J connectivity index is 1.84. The average Bonchev–Trinajstić information content (AvgIpc) is 2.55. The highest BCUT2D eigenvalue weighted by atomic mass is 16.4. The highest BCUT2D eigenvalue weighted by molar-refractivity contribution is 5.73. The Morgan fingerprint density at radius 3 is 2.78 bits per heavy atom. The number of hydrogen-bond donors (Lipinski definition) is 1. The van der Waals surface area contributed by atoms with Crippen LogP contribution in [-0.4, -0.2) is 10.1 Å². The van der Waals surface area contributed by atoms with Crippen molar-refractivity contribution in [3.05, 3.63) is 81.5 Å². The number of allylic oxidation sites excluding steroid dienone is 1. The van der Waals surface area contributed by atoms with Gasteiger partial charge in [0.15, 0.2) is 11.3 Å². The lowest BCUT2D eigenvalue weighted by Gasteiger charge is -2.02. The number of hydrogen-bond acceptors (Lipinski definition) is 4. The maximum atomic E-state index is 11.9. The minimum absolute atomic E-state index is 0.112. The molecule has 0 amide bonds. The van der Waals surface area contributed by atoms with Gasteiger partial charge in [-0.15, -0.1) is 0 Å². The molecular formula is C19H17NO3. The van der Waals surface area contributed by atoms with Crippen LogP contribution in [-0.2, 0) is 6.42 Å². The fourth-order valence-corrected chi connectivity index (χ4v) is 2.37. The first-order valence-corrected chi connectivity index (χ1v) is 7.47. The second-order valence-electron chi connectivity index (χ2n) is 5.48. The van der Waals surface area contributed by atoms with Crippen molar-refractivity contribution >= 4 is 17.2 Å². The topological polar surface area (TPSA) is 63.3 Å². The molecule has 0 aliphatic carbocycles. The number of nitrogens with zero attached hydrogens (tertiary/aromatic N) is 1. The van der Waals surface area contributed by atoms with Crippen molar-refractivity contribution < 1.29 is 9.52 Å². The van der Waals surface area contributed by atoms with Gasteiger partial charge in [-0.2, -0.15) is 0 Å². The highest BCUT2D eigenvalue weighted by Crippen LogP contribution is 2.14. The van der Waals surface area contributed by atoms with Crippen LogP contribution in [0.25, 0.3) is 17.2 Å². The van der Waals surface area contributed by atoms with Crippen LogP contribution >= 0.6 is 0 Å². The lowest BCUT2D eigenvalue weighted by molar-refractivity contribution is 0.393. The van der Waals surface area contributed by atoms with Crippen molar-refractivity contribution in [3.8, 4) is 0 Å². The molecule has 1 heterocycles. The first kappa shape index (κ1) is 15.0. The first-order valence-electron chi connectivity index (χ1n) is 7.47. The molecule has 3 rings (SSSR count). The number of aryl methyl sites for hydroxylation is 2. The Morgan fingerprint density at radius 2 is 2.00 bits per heavy atom. The van der Waals surface area contributed by atoms with Gasteiger partial charge in [0.05, 0.1) is 5.76 Å². The fourth-order valence-electron chi connectivity index (χ4n) is 2.37. The summed E-state index contributed by atoms with van der Waals surface area (Å²) >= 11 is 0. The lowest BCUT2D eigenvalue weighted by Crippen LogP contribution is -2.07. The minimum atomic E-state index is -0.549. The average molecular weight is 307 g/mol. The fraction of sp³-hybridized carbons (Fsp3) is 0.158. The molecule has 0 saturated heterocycles. The molecule has 4 nitrogen and oxygen atoms in total. The number of aliphatic hydroxyl groups is 1. The Bertz CT molecular complexity index is 911. The molecule has 1 aromatic heterocycles. The molecule has 4 heteroatoms. The molecule has 0 atom stereocenters. The van der Waals surface area contributed by atoms with Gasteiger partial charge in [0.1, 0.15) is 5.52 Å². The number of fused-ring (bicyclic) bond motifs is 1. The molecule has 23 heavy (non-hydrogen) atoms. The molecule has 0 unspecified atom stereocenters. The summed E-state index contributed by atoms with van der Waals surface area (Å²) < 4.78 is 5.24. The van der Waals surface area contributed by atoms with E-state index in [4.69, 9.17) is 4.42 Å². The van der Waals surface area contributed by atoms with E-state index < -0.39 is 5.63 Å². The molecule has 0 saturated carbocycles. The molecule has 2 aromatic carbocycles. The van der Waals surface area contributed by atoms with E-state index in [0.29, 0.717) is 23.9 Å². The number of aliphatic hydroxyl groups excluding tert-OH is 1. The molecule has 1 N–H and O–H groups in total. The van der Waals surface area contributed by atoms with Crippen LogP contribution in [0.2, 0.25) is 0 Å². The van der Waals surface area contributed by atoms with Gasteiger partial charge in [-0.3, -0.25) is 0 Å². The largest absolute Gasteiger partial charge is 0.512 e. The predicted molar refractivity (Wildman–Crippen MR) is 90.4 cm³/mol. The zero-order valence-corrected chi connectivity index (χ0v) is 12.8. The standard InChI is InChI=1S/C19H17NO3/c1-13-7-10-18-16(11-13)20-17(19(22)23-18)12-15(21)9-8-14-5-3-2-4-6-14/h2-7,10-12,21H,8-9H2,1H3. The Labute approximate surface area is 133 Å². The third-order valence-corrected chi connectivity index (χ3v) is 3.58. The monoisotopic (exact) mass is 307 g/mol. The minimum Gasteiger partial charge on any atom is -0.512 e. The third-order valence-electron chi connectivity index (χ3n) is 3.58. The molecule has 3 aromatic rings. The van der Waals surface area contributed by atoms with Crippen molar-refractivity contribution in [1.82, 2.24) is 4.98 Å². The number of benzene rings is 2. The van der Waals surface area contributed by atoms with E-state index in [0.717, 1.165) is 11.1 Å². The van der Waals surface area contributed by atoms with E-state index in [1.54, 1.807) is 6.07 Å². The van der Waals surface area contributed by atoms with E-state index >= 15 is 0 Å². The van der Waals surface area contributed by atoms with E-state index in [1.165, 1.54) is 6.08 Å². The highest BCUT2D eigenvalue weighted by Gasteiger charge is 2.07. The summed E-state index contributed by atoms with van der Waals surface area (Å²) in [6.07, 6.45) is 2.52. The second-order valence-corrected chi connectivity index (χ2v) is 5.48. The van der Waals surface area contributed by atoms with E-state index in [9.17, 15) is 9.90 Å². The summed E-state index contributed by atoms with van der Waals surface area (Å²) in [5, 5.41) is 10.1. The first-order chi connectivity index (χ1) is 11.1. The lowest BCUT2D eigenvalue weighted by atomic mass is 10.1. The van der Waals surface area contributed by atoms with Crippen molar-refractivity contribution in [2.24, 2.45) is 0 Å². The van der Waals surface area contributed by atoms with Crippen LogP contribution in [0.3, 0.4) is 0 Å². The van der Waals surface area contributed by atoms with Crippen LogP contribution in [0.5, 0.6) is 0 Å². The van der Waals surface area contributed by atoms with E-state index in [-0.39, 0.29) is 11.5 Å². The molecule has 0 spiro atoms.